The van der Waals surface area contributed by atoms with Crippen molar-refractivity contribution in [2.24, 2.45) is 5.92 Å². The first-order chi connectivity index (χ1) is 13.2. The van der Waals surface area contributed by atoms with Gasteiger partial charge in [-0.05, 0) is 36.6 Å². The van der Waals surface area contributed by atoms with Gasteiger partial charge in [-0.3, -0.25) is 9.69 Å². The number of hydrogen-bond acceptors (Lipinski definition) is 4. The highest BCUT2D eigenvalue weighted by Gasteiger charge is 2.41. The molecule has 2 aliphatic heterocycles. The van der Waals surface area contributed by atoms with Gasteiger partial charge in [-0.15, -0.1) is 0 Å². The molecular formula is C22H24FNO3. The van der Waals surface area contributed by atoms with Crippen molar-refractivity contribution in [2.45, 2.75) is 31.5 Å². The van der Waals surface area contributed by atoms with Gasteiger partial charge in [-0.25, -0.2) is 4.39 Å². The highest BCUT2D eigenvalue weighted by atomic mass is 19.1. The van der Waals surface area contributed by atoms with Crippen LogP contribution in [0.25, 0.3) is 0 Å². The lowest BCUT2D eigenvalue weighted by Crippen LogP contribution is -2.57. The van der Waals surface area contributed by atoms with Crippen molar-refractivity contribution in [2.75, 3.05) is 20.3 Å². The maximum absolute atomic E-state index is 13.7. The normalized spacial score (nSPS) is 25.2. The van der Waals surface area contributed by atoms with Crippen molar-refractivity contribution >= 4 is 5.78 Å². The van der Waals surface area contributed by atoms with E-state index in [0.29, 0.717) is 24.5 Å². The average molecular weight is 369 g/mol. The summed E-state index contributed by atoms with van der Waals surface area (Å²) in [5.41, 5.74) is 1.61. The predicted molar refractivity (Wildman–Crippen MR) is 100 cm³/mol. The zero-order valence-corrected chi connectivity index (χ0v) is 15.4. The number of carbonyl (C=O) groups excluding carboxylic acids is 1. The van der Waals surface area contributed by atoms with Crippen LogP contribution >= 0.6 is 0 Å². The molecule has 2 bridgehead atoms. The van der Waals surface area contributed by atoms with Gasteiger partial charge in [0.15, 0.2) is 5.78 Å². The standard InChI is InChI=1S/C22H24FNO3/c1-26-21-8-7-17(23)11-20(21)22(25)16-9-18-13-27-14-19(10-16)24(18)12-15-5-3-2-4-6-15/h2-8,11,16,18-19H,9-10,12-14H2,1H3. The zero-order valence-electron chi connectivity index (χ0n) is 15.4. The molecule has 2 aromatic rings. The molecule has 0 spiro atoms. The molecule has 27 heavy (non-hydrogen) atoms. The zero-order chi connectivity index (χ0) is 18.8. The van der Waals surface area contributed by atoms with Gasteiger partial charge < -0.3 is 9.47 Å². The smallest absolute Gasteiger partial charge is 0.169 e. The molecule has 0 radical (unpaired) electrons. The van der Waals surface area contributed by atoms with Crippen LogP contribution in [0.15, 0.2) is 48.5 Å². The fourth-order valence-corrected chi connectivity index (χ4v) is 4.35. The Morgan fingerprint density at radius 1 is 1.15 bits per heavy atom. The van der Waals surface area contributed by atoms with Gasteiger partial charge in [0.05, 0.1) is 25.9 Å². The van der Waals surface area contributed by atoms with Crippen LogP contribution in [-0.2, 0) is 11.3 Å². The summed E-state index contributed by atoms with van der Waals surface area (Å²) in [5, 5.41) is 0. The first-order valence-corrected chi connectivity index (χ1v) is 9.41. The SMILES string of the molecule is COc1ccc(F)cc1C(=O)C1CC2COCC(C1)N2Cc1ccccc1. The number of halogens is 1. The lowest BCUT2D eigenvalue weighted by Gasteiger charge is -2.48. The number of piperidine rings is 1. The molecule has 0 N–H and O–H groups in total. The largest absolute Gasteiger partial charge is 0.496 e. The summed E-state index contributed by atoms with van der Waals surface area (Å²) in [6.07, 6.45) is 1.45. The van der Waals surface area contributed by atoms with E-state index < -0.39 is 5.82 Å². The molecule has 2 atom stereocenters. The van der Waals surface area contributed by atoms with Crippen LogP contribution in [0.5, 0.6) is 5.75 Å². The summed E-state index contributed by atoms with van der Waals surface area (Å²) in [6, 6.07) is 14.9. The van der Waals surface area contributed by atoms with E-state index in [1.807, 2.05) is 18.2 Å². The van der Waals surface area contributed by atoms with Crippen molar-refractivity contribution in [1.82, 2.24) is 4.90 Å². The number of rotatable bonds is 5. The molecule has 2 fully saturated rings. The summed E-state index contributed by atoms with van der Waals surface area (Å²) >= 11 is 0. The van der Waals surface area contributed by atoms with Gasteiger partial charge in [-0.1, -0.05) is 30.3 Å². The minimum Gasteiger partial charge on any atom is -0.496 e. The molecule has 2 saturated heterocycles. The fraction of sp³-hybridized carbons (Fsp3) is 0.409. The highest BCUT2D eigenvalue weighted by molar-refractivity contribution is 6.00. The lowest BCUT2D eigenvalue weighted by atomic mass is 9.80. The molecule has 0 aromatic heterocycles. The van der Waals surface area contributed by atoms with E-state index in [0.717, 1.165) is 19.4 Å². The number of methoxy groups -OCH3 is 1. The molecule has 4 nitrogen and oxygen atoms in total. The van der Waals surface area contributed by atoms with Gasteiger partial charge >= 0.3 is 0 Å². The van der Waals surface area contributed by atoms with Gasteiger partial charge in [0, 0.05) is 24.5 Å². The molecule has 2 heterocycles. The Morgan fingerprint density at radius 3 is 2.52 bits per heavy atom. The number of benzene rings is 2. The van der Waals surface area contributed by atoms with Crippen LogP contribution in [0.4, 0.5) is 4.39 Å². The number of nitrogens with zero attached hydrogens (tertiary/aromatic N) is 1. The number of ether oxygens (including phenoxy) is 2. The third-order valence-corrected chi connectivity index (χ3v) is 5.68. The number of fused-ring (bicyclic) bond motifs is 2. The first kappa shape index (κ1) is 18.1. The summed E-state index contributed by atoms with van der Waals surface area (Å²) in [6.45, 7) is 2.13. The summed E-state index contributed by atoms with van der Waals surface area (Å²) in [7, 11) is 1.51. The molecule has 2 aliphatic rings. The summed E-state index contributed by atoms with van der Waals surface area (Å²) in [5.74, 6) is -0.132. The first-order valence-electron chi connectivity index (χ1n) is 9.41. The van der Waals surface area contributed by atoms with Crippen LogP contribution in [0.2, 0.25) is 0 Å². The van der Waals surface area contributed by atoms with Gasteiger partial charge in [0.1, 0.15) is 11.6 Å². The lowest BCUT2D eigenvalue weighted by molar-refractivity contribution is -0.0873. The highest BCUT2D eigenvalue weighted by Crippen LogP contribution is 2.36. The van der Waals surface area contributed by atoms with Gasteiger partial charge in [0.2, 0.25) is 0 Å². The number of hydrogen-bond donors (Lipinski definition) is 0. The fourth-order valence-electron chi connectivity index (χ4n) is 4.35. The number of morpholine rings is 1. The Hall–Kier alpha value is -2.24. The van der Waals surface area contributed by atoms with Crippen LogP contribution in [0, 0.1) is 11.7 Å². The molecule has 0 amide bonds. The van der Waals surface area contributed by atoms with E-state index in [2.05, 4.69) is 17.0 Å². The minimum absolute atomic E-state index is 0.0254. The Bertz CT molecular complexity index is 796. The second-order valence-corrected chi connectivity index (χ2v) is 7.38. The number of carbonyl (C=O) groups is 1. The number of Topliss-reactive ketones (excluding diaryl/α,β-unsaturated/α-hetero) is 1. The third-order valence-electron chi connectivity index (χ3n) is 5.68. The van der Waals surface area contributed by atoms with E-state index in [1.165, 1.54) is 30.9 Å². The Kier molecular flexibility index (Phi) is 5.23. The van der Waals surface area contributed by atoms with Gasteiger partial charge in [0.25, 0.3) is 0 Å². The van der Waals surface area contributed by atoms with Crippen molar-refractivity contribution in [3.63, 3.8) is 0 Å². The number of ketones is 1. The molecule has 4 rings (SSSR count). The van der Waals surface area contributed by atoms with Crippen molar-refractivity contribution in [1.29, 1.82) is 0 Å². The monoisotopic (exact) mass is 369 g/mol. The molecular weight excluding hydrogens is 345 g/mol. The van der Waals surface area contributed by atoms with E-state index in [1.54, 1.807) is 0 Å². The summed E-state index contributed by atoms with van der Waals surface area (Å²) in [4.78, 5) is 15.6. The molecule has 5 heteroatoms. The van der Waals surface area contributed by atoms with Crippen molar-refractivity contribution in [3.8, 4) is 5.75 Å². The second-order valence-electron chi connectivity index (χ2n) is 7.38. The Labute approximate surface area is 158 Å². The van der Waals surface area contributed by atoms with E-state index >= 15 is 0 Å². The predicted octanol–water partition coefficient (Wildman–Crippen LogP) is 3.70. The van der Waals surface area contributed by atoms with E-state index in [9.17, 15) is 9.18 Å². The maximum Gasteiger partial charge on any atom is 0.169 e. The molecule has 142 valence electrons. The van der Waals surface area contributed by atoms with E-state index in [-0.39, 0.29) is 23.8 Å². The van der Waals surface area contributed by atoms with E-state index in [4.69, 9.17) is 9.47 Å². The molecule has 2 unspecified atom stereocenters. The molecule has 2 aromatic carbocycles. The average Bonchev–Trinajstić information content (AvgIpc) is 2.68. The third kappa shape index (κ3) is 3.75. The van der Waals surface area contributed by atoms with Crippen LogP contribution in [0.3, 0.4) is 0 Å². The second kappa shape index (κ2) is 7.79. The summed E-state index contributed by atoms with van der Waals surface area (Å²) < 4.78 is 24.8. The van der Waals surface area contributed by atoms with Crippen LogP contribution < -0.4 is 4.74 Å². The Balaban J connectivity index is 1.53. The topological polar surface area (TPSA) is 38.8 Å². The molecule has 0 aliphatic carbocycles. The minimum atomic E-state index is -0.413. The quantitative estimate of drug-likeness (QED) is 0.754. The van der Waals surface area contributed by atoms with Crippen LogP contribution in [0.1, 0.15) is 28.8 Å². The van der Waals surface area contributed by atoms with Gasteiger partial charge in [-0.2, -0.15) is 0 Å². The van der Waals surface area contributed by atoms with Crippen molar-refractivity contribution < 1.29 is 18.7 Å². The maximum atomic E-state index is 13.7. The Morgan fingerprint density at radius 2 is 1.85 bits per heavy atom. The van der Waals surface area contributed by atoms with Crippen LogP contribution in [-0.4, -0.2) is 43.1 Å². The van der Waals surface area contributed by atoms with Crippen molar-refractivity contribution in [3.05, 3.63) is 65.5 Å². The molecule has 0 saturated carbocycles.